The van der Waals surface area contributed by atoms with Crippen LogP contribution in [0.25, 0.3) is 10.9 Å². The molecule has 1 aliphatic carbocycles. The van der Waals surface area contributed by atoms with Gasteiger partial charge in [0.2, 0.25) is 0 Å². The van der Waals surface area contributed by atoms with Crippen molar-refractivity contribution in [2.45, 2.75) is 51.6 Å². The van der Waals surface area contributed by atoms with E-state index in [0.29, 0.717) is 5.92 Å². The largest absolute Gasteiger partial charge is 0.380 e. The van der Waals surface area contributed by atoms with Gasteiger partial charge in [-0.1, -0.05) is 38.1 Å². The molecule has 0 amide bonds. The summed E-state index contributed by atoms with van der Waals surface area (Å²) in [4.78, 5) is 9.47. The van der Waals surface area contributed by atoms with Crippen molar-refractivity contribution in [3.8, 4) is 0 Å². The van der Waals surface area contributed by atoms with E-state index in [9.17, 15) is 0 Å². The van der Waals surface area contributed by atoms with Crippen molar-refractivity contribution in [1.29, 1.82) is 0 Å². The lowest BCUT2D eigenvalue weighted by molar-refractivity contribution is -0.0615. The maximum Gasteiger partial charge on any atom is 0.156 e. The second-order valence-electron chi connectivity index (χ2n) is 8.78. The SMILES string of the molecule is CO[C@@H]1[C@@H](c2ncn(C)n2)[C@H](CCc2ccc3ccccc3n2)CCC1(C)C. The number of pyridine rings is 1. The van der Waals surface area contributed by atoms with Gasteiger partial charge in [0.15, 0.2) is 5.82 Å². The van der Waals surface area contributed by atoms with E-state index in [1.165, 1.54) is 11.8 Å². The smallest absolute Gasteiger partial charge is 0.156 e. The van der Waals surface area contributed by atoms with Gasteiger partial charge in [0.1, 0.15) is 6.33 Å². The first-order chi connectivity index (χ1) is 13.5. The van der Waals surface area contributed by atoms with E-state index in [1.54, 1.807) is 11.0 Å². The summed E-state index contributed by atoms with van der Waals surface area (Å²) in [6, 6.07) is 12.6. The van der Waals surface area contributed by atoms with Crippen molar-refractivity contribution in [2.24, 2.45) is 18.4 Å². The van der Waals surface area contributed by atoms with E-state index in [-0.39, 0.29) is 17.4 Å². The third kappa shape index (κ3) is 3.68. The molecule has 0 spiro atoms. The van der Waals surface area contributed by atoms with Gasteiger partial charge in [0, 0.05) is 25.2 Å². The molecule has 1 saturated carbocycles. The molecule has 0 aliphatic heterocycles. The van der Waals surface area contributed by atoms with Crippen LogP contribution >= 0.6 is 0 Å². The van der Waals surface area contributed by atoms with Crippen LogP contribution < -0.4 is 0 Å². The first-order valence-electron chi connectivity index (χ1n) is 10.2. The van der Waals surface area contributed by atoms with Crippen LogP contribution in [0.4, 0.5) is 0 Å². The Hall–Kier alpha value is -2.27. The maximum atomic E-state index is 6.02. The zero-order valence-corrected chi connectivity index (χ0v) is 17.3. The molecule has 0 N–H and O–H groups in total. The highest BCUT2D eigenvalue weighted by atomic mass is 16.5. The molecule has 4 rings (SSSR count). The normalized spacial score (nSPS) is 24.5. The molecular formula is C23H30N4O. The van der Waals surface area contributed by atoms with Crippen LogP contribution in [0.1, 0.15) is 50.5 Å². The van der Waals surface area contributed by atoms with Crippen LogP contribution in [0.2, 0.25) is 0 Å². The molecule has 1 aliphatic rings. The van der Waals surface area contributed by atoms with Gasteiger partial charge in [-0.15, -0.1) is 0 Å². The number of rotatable bonds is 5. The third-order valence-electron chi connectivity index (χ3n) is 6.36. The molecule has 3 atom stereocenters. The number of ether oxygens (including phenoxy) is 1. The standard InChI is InChI=1S/C23H30N4O/c1-23(2)14-13-17(20(21(23)28-4)22-24-15-27(3)26-22)10-12-18-11-9-16-7-5-6-8-19(16)25-18/h5-9,11,15,17,20-21H,10,12-14H2,1-4H3/t17-,20+,21-/m1/s1. The molecular weight excluding hydrogens is 348 g/mol. The zero-order chi connectivity index (χ0) is 19.7. The lowest BCUT2D eigenvalue weighted by atomic mass is 9.63. The Bertz CT molecular complexity index is 948. The first kappa shape index (κ1) is 19.1. The molecule has 2 aromatic heterocycles. The summed E-state index contributed by atoms with van der Waals surface area (Å²) in [6.45, 7) is 4.61. The predicted molar refractivity (Wildman–Crippen MR) is 111 cm³/mol. The minimum Gasteiger partial charge on any atom is -0.380 e. The summed E-state index contributed by atoms with van der Waals surface area (Å²) in [7, 11) is 3.76. The summed E-state index contributed by atoms with van der Waals surface area (Å²) in [5.74, 6) is 1.63. The van der Waals surface area contributed by atoms with Crippen LogP contribution in [0.15, 0.2) is 42.7 Å². The van der Waals surface area contributed by atoms with E-state index in [2.05, 4.69) is 54.3 Å². The lowest BCUT2D eigenvalue weighted by Crippen LogP contribution is -2.44. The molecule has 5 heteroatoms. The monoisotopic (exact) mass is 378 g/mol. The molecule has 2 heterocycles. The zero-order valence-electron chi connectivity index (χ0n) is 17.3. The van der Waals surface area contributed by atoms with E-state index in [4.69, 9.17) is 9.72 Å². The Kier molecular flexibility index (Phi) is 5.19. The van der Waals surface area contributed by atoms with Crippen molar-refractivity contribution in [3.05, 3.63) is 54.2 Å². The summed E-state index contributed by atoms with van der Waals surface area (Å²) >= 11 is 0. The Morgan fingerprint density at radius 1 is 1.18 bits per heavy atom. The Labute approximate surface area is 167 Å². The fraction of sp³-hybridized carbons (Fsp3) is 0.522. The number of nitrogens with zero attached hydrogens (tertiary/aromatic N) is 4. The molecule has 0 bridgehead atoms. The highest BCUT2D eigenvalue weighted by Gasteiger charge is 2.46. The molecule has 28 heavy (non-hydrogen) atoms. The summed E-state index contributed by atoms with van der Waals surface area (Å²) < 4.78 is 7.81. The van der Waals surface area contributed by atoms with Gasteiger partial charge in [0.05, 0.1) is 17.5 Å². The van der Waals surface area contributed by atoms with Crippen LogP contribution in [0.5, 0.6) is 0 Å². The quantitative estimate of drug-likeness (QED) is 0.654. The highest BCUT2D eigenvalue weighted by molar-refractivity contribution is 5.78. The van der Waals surface area contributed by atoms with Crippen LogP contribution in [-0.4, -0.2) is 33.0 Å². The number of hydrogen-bond acceptors (Lipinski definition) is 4. The van der Waals surface area contributed by atoms with Gasteiger partial charge in [0.25, 0.3) is 0 Å². The summed E-state index contributed by atoms with van der Waals surface area (Å²) in [6.07, 6.45) is 6.29. The number of methoxy groups -OCH3 is 1. The second-order valence-corrected chi connectivity index (χ2v) is 8.78. The molecule has 0 radical (unpaired) electrons. The van der Waals surface area contributed by atoms with Crippen molar-refractivity contribution in [1.82, 2.24) is 19.7 Å². The van der Waals surface area contributed by atoms with Crippen molar-refractivity contribution >= 4 is 10.9 Å². The van der Waals surface area contributed by atoms with Crippen molar-refractivity contribution < 1.29 is 4.74 Å². The molecule has 148 valence electrons. The van der Waals surface area contributed by atoms with Gasteiger partial charge < -0.3 is 4.74 Å². The van der Waals surface area contributed by atoms with Gasteiger partial charge in [-0.3, -0.25) is 9.67 Å². The third-order valence-corrected chi connectivity index (χ3v) is 6.36. The first-order valence-corrected chi connectivity index (χ1v) is 10.2. The molecule has 1 aromatic carbocycles. The molecule has 3 aromatic rings. The molecule has 5 nitrogen and oxygen atoms in total. The van der Waals surface area contributed by atoms with Crippen LogP contribution in [0.3, 0.4) is 0 Å². The average molecular weight is 379 g/mol. The number of hydrogen-bond donors (Lipinski definition) is 0. The number of aromatic nitrogens is 4. The minimum absolute atomic E-state index is 0.121. The number of aryl methyl sites for hydroxylation is 2. The summed E-state index contributed by atoms with van der Waals surface area (Å²) in [5.41, 5.74) is 2.35. The fourth-order valence-corrected chi connectivity index (χ4v) is 4.84. The topological polar surface area (TPSA) is 52.8 Å². The Morgan fingerprint density at radius 3 is 2.75 bits per heavy atom. The molecule has 1 fully saturated rings. The number of para-hydroxylation sites is 1. The lowest BCUT2D eigenvalue weighted by Gasteiger charge is -2.46. The average Bonchev–Trinajstić information content (AvgIpc) is 3.12. The summed E-state index contributed by atoms with van der Waals surface area (Å²) in [5, 5.41) is 5.85. The van der Waals surface area contributed by atoms with E-state index < -0.39 is 0 Å². The molecule has 0 saturated heterocycles. The van der Waals surface area contributed by atoms with Gasteiger partial charge in [-0.25, -0.2) is 4.98 Å². The van der Waals surface area contributed by atoms with Crippen molar-refractivity contribution in [2.75, 3.05) is 7.11 Å². The van der Waals surface area contributed by atoms with Crippen LogP contribution in [0, 0.1) is 11.3 Å². The molecule has 0 unspecified atom stereocenters. The Morgan fingerprint density at radius 2 is 2.00 bits per heavy atom. The van der Waals surface area contributed by atoms with E-state index >= 15 is 0 Å². The maximum absolute atomic E-state index is 6.02. The predicted octanol–water partition coefficient (Wildman–Crippen LogP) is 4.53. The Balaban J connectivity index is 1.57. The highest BCUT2D eigenvalue weighted by Crippen LogP contribution is 2.48. The van der Waals surface area contributed by atoms with E-state index in [1.807, 2.05) is 20.2 Å². The number of fused-ring (bicyclic) bond motifs is 1. The van der Waals surface area contributed by atoms with Gasteiger partial charge in [-0.2, -0.15) is 5.10 Å². The van der Waals surface area contributed by atoms with Gasteiger partial charge in [-0.05, 0) is 49.1 Å². The van der Waals surface area contributed by atoms with E-state index in [0.717, 1.165) is 36.3 Å². The second kappa shape index (κ2) is 7.63. The number of benzene rings is 1. The van der Waals surface area contributed by atoms with Gasteiger partial charge >= 0.3 is 0 Å². The van der Waals surface area contributed by atoms with Crippen LogP contribution in [-0.2, 0) is 18.2 Å². The minimum atomic E-state index is 0.121. The fourth-order valence-electron chi connectivity index (χ4n) is 4.84. The van der Waals surface area contributed by atoms with Crippen molar-refractivity contribution in [3.63, 3.8) is 0 Å².